The van der Waals surface area contributed by atoms with Crippen molar-refractivity contribution < 1.29 is 4.39 Å². The van der Waals surface area contributed by atoms with Gasteiger partial charge in [-0.3, -0.25) is 4.90 Å². The van der Waals surface area contributed by atoms with Crippen LogP contribution in [-0.4, -0.2) is 42.1 Å². The summed E-state index contributed by atoms with van der Waals surface area (Å²) in [5.74, 6) is -0.579. The van der Waals surface area contributed by atoms with E-state index < -0.39 is 5.95 Å². The molecule has 2 aliphatic rings. The predicted octanol–water partition coefficient (Wildman–Crippen LogP) is 3.41. The molecule has 2 N–H and O–H groups in total. The molecule has 2 saturated heterocycles. The highest BCUT2D eigenvalue weighted by molar-refractivity contribution is 6.33. The summed E-state index contributed by atoms with van der Waals surface area (Å²) in [4.78, 5) is 8.59. The van der Waals surface area contributed by atoms with E-state index in [4.69, 9.17) is 17.3 Å². The SMILES string of the molecule is CN1[C@@H]2CC[C@H]1CN(c1ccc(-c3cc(Cl)c(N)nc3F)cc1)C2. The smallest absolute Gasteiger partial charge is 0.222 e. The number of piperazine rings is 1. The van der Waals surface area contributed by atoms with Gasteiger partial charge < -0.3 is 10.6 Å². The normalized spacial score (nSPS) is 23.7. The van der Waals surface area contributed by atoms with Crippen molar-refractivity contribution in [3.63, 3.8) is 0 Å². The third-order valence-corrected chi connectivity index (χ3v) is 5.65. The summed E-state index contributed by atoms with van der Waals surface area (Å²) in [5, 5.41) is 0.270. The molecule has 3 heterocycles. The van der Waals surface area contributed by atoms with Gasteiger partial charge >= 0.3 is 0 Å². The Morgan fingerprint density at radius 1 is 1.17 bits per heavy atom. The third-order valence-electron chi connectivity index (χ3n) is 5.35. The largest absolute Gasteiger partial charge is 0.382 e. The summed E-state index contributed by atoms with van der Waals surface area (Å²) in [7, 11) is 2.23. The maximum Gasteiger partial charge on any atom is 0.222 e. The molecule has 0 spiro atoms. The monoisotopic (exact) mass is 346 g/mol. The molecule has 2 aliphatic heterocycles. The van der Waals surface area contributed by atoms with Crippen LogP contribution in [0.5, 0.6) is 0 Å². The third kappa shape index (κ3) is 2.62. The molecule has 126 valence electrons. The first-order chi connectivity index (χ1) is 11.5. The van der Waals surface area contributed by atoms with E-state index in [2.05, 4.69) is 21.8 Å². The number of nitrogens with two attached hydrogens (primary N) is 1. The number of aromatic nitrogens is 1. The molecule has 0 radical (unpaired) electrons. The van der Waals surface area contributed by atoms with Gasteiger partial charge in [0, 0.05) is 36.4 Å². The minimum atomic E-state index is -0.595. The van der Waals surface area contributed by atoms with Gasteiger partial charge in [0.2, 0.25) is 5.95 Å². The number of nitrogens with zero attached hydrogens (tertiary/aromatic N) is 3. The molecule has 4 nitrogen and oxygen atoms in total. The van der Waals surface area contributed by atoms with E-state index >= 15 is 0 Å². The van der Waals surface area contributed by atoms with Crippen molar-refractivity contribution in [2.75, 3.05) is 30.8 Å². The van der Waals surface area contributed by atoms with Crippen molar-refractivity contribution in [2.45, 2.75) is 24.9 Å². The van der Waals surface area contributed by atoms with Crippen molar-refractivity contribution in [1.29, 1.82) is 0 Å². The van der Waals surface area contributed by atoms with Crippen LogP contribution in [0.1, 0.15) is 12.8 Å². The van der Waals surface area contributed by atoms with E-state index in [-0.39, 0.29) is 10.8 Å². The van der Waals surface area contributed by atoms with Crippen LogP contribution in [0.4, 0.5) is 15.9 Å². The molecule has 2 bridgehead atoms. The Morgan fingerprint density at radius 2 is 1.79 bits per heavy atom. The number of benzene rings is 1. The van der Waals surface area contributed by atoms with Crippen molar-refractivity contribution >= 4 is 23.1 Å². The van der Waals surface area contributed by atoms with Gasteiger partial charge in [0.25, 0.3) is 0 Å². The Balaban J connectivity index is 1.59. The summed E-state index contributed by atoms with van der Waals surface area (Å²) in [6, 6.07) is 10.7. The summed E-state index contributed by atoms with van der Waals surface area (Å²) < 4.78 is 14.1. The molecule has 24 heavy (non-hydrogen) atoms. The zero-order chi connectivity index (χ0) is 16.8. The number of hydrogen-bond acceptors (Lipinski definition) is 4. The molecule has 0 aliphatic carbocycles. The lowest BCUT2D eigenvalue weighted by atomic mass is 10.1. The Bertz CT molecular complexity index is 750. The van der Waals surface area contributed by atoms with Gasteiger partial charge in [-0.1, -0.05) is 23.7 Å². The number of nitrogen functional groups attached to an aromatic ring is 1. The summed E-state index contributed by atoms with van der Waals surface area (Å²) in [6.07, 6.45) is 2.55. The van der Waals surface area contributed by atoms with E-state index in [0.717, 1.165) is 18.7 Å². The van der Waals surface area contributed by atoms with Crippen molar-refractivity contribution in [2.24, 2.45) is 0 Å². The van der Waals surface area contributed by atoms with Crippen LogP contribution in [0.15, 0.2) is 30.3 Å². The lowest BCUT2D eigenvalue weighted by Crippen LogP contribution is -2.51. The molecule has 4 rings (SSSR count). The van der Waals surface area contributed by atoms with Crippen molar-refractivity contribution in [3.8, 4) is 11.1 Å². The molecule has 0 unspecified atom stereocenters. The summed E-state index contributed by atoms with van der Waals surface area (Å²) in [5.41, 5.74) is 7.84. The van der Waals surface area contributed by atoms with E-state index in [9.17, 15) is 4.39 Å². The Kier molecular flexibility index (Phi) is 3.85. The standard InChI is InChI=1S/C18H20ClFN4/c1-23-13-6-7-14(23)10-24(9-13)12-4-2-11(3-5-12)15-8-16(19)18(21)22-17(15)20/h2-5,8,13-14H,6-7,9-10H2,1H3,(H2,21,22)/t13-,14+. The van der Waals surface area contributed by atoms with Crippen LogP contribution in [0.2, 0.25) is 5.02 Å². The van der Waals surface area contributed by atoms with E-state index in [0.29, 0.717) is 17.6 Å². The topological polar surface area (TPSA) is 45.4 Å². The lowest BCUT2D eigenvalue weighted by Gasteiger charge is -2.40. The molecule has 2 atom stereocenters. The maximum absolute atomic E-state index is 14.1. The molecule has 1 aromatic carbocycles. The second-order valence-electron chi connectivity index (χ2n) is 6.70. The molecular weight excluding hydrogens is 327 g/mol. The van der Waals surface area contributed by atoms with Crippen LogP contribution in [0.3, 0.4) is 0 Å². The molecule has 0 saturated carbocycles. The fourth-order valence-electron chi connectivity index (χ4n) is 3.86. The highest BCUT2D eigenvalue weighted by Crippen LogP contribution is 2.33. The fraction of sp³-hybridized carbons (Fsp3) is 0.389. The minimum Gasteiger partial charge on any atom is -0.382 e. The fourth-order valence-corrected chi connectivity index (χ4v) is 4.01. The van der Waals surface area contributed by atoms with Gasteiger partial charge in [-0.25, -0.2) is 4.98 Å². The van der Waals surface area contributed by atoms with Gasteiger partial charge in [0.15, 0.2) is 0 Å². The van der Waals surface area contributed by atoms with Crippen LogP contribution in [0.25, 0.3) is 11.1 Å². The number of fused-ring (bicyclic) bond motifs is 2. The zero-order valence-electron chi connectivity index (χ0n) is 13.5. The van der Waals surface area contributed by atoms with Crippen LogP contribution >= 0.6 is 11.6 Å². The molecule has 2 fully saturated rings. The van der Waals surface area contributed by atoms with Gasteiger partial charge in [0.1, 0.15) is 5.82 Å². The van der Waals surface area contributed by atoms with Gasteiger partial charge in [-0.2, -0.15) is 4.39 Å². The highest BCUT2D eigenvalue weighted by atomic mass is 35.5. The number of hydrogen-bond donors (Lipinski definition) is 1. The Labute approximate surface area is 146 Å². The number of anilines is 2. The Morgan fingerprint density at radius 3 is 2.42 bits per heavy atom. The molecule has 2 aromatic rings. The molecule has 6 heteroatoms. The second kappa shape index (κ2) is 5.90. The first kappa shape index (κ1) is 15.7. The summed E-state index contributed by atoms with van der Waals surface area (Å²) in [6.45, 7) is 2.10. The van der Waals surface area contributed by atoms with E-state index in [1.54, 1.807) is 0 Å². The number of rotatable bonds is 2. The van der Waals surface area contributed by atoms with Gasteiger partial charge in [-0.15, -0.1) is 0 Å². The molecular formula is C18H20ClFN4. The first-order valence-electron chi connectivity index (χ1n) is 8.22. The summed E-state index contributed by atoms with van der Waals surface area (Å²) >= 11 is 5.97. The molecule has 0 amide bonds. The predicted molar refractivity (Wildman–Crippen MR) is 95.8 cm³/mol. The zero-order valence-corrected chi connectivity index (χ0v) is 14.3. The number of likely N-dealkylation sites (N-methyl/N-ethyl adjacent to an activating group) is 1. The minimum absolute atomic E-state index is 0.0162. The average Bonchev–Trinajstić information content (AvgIpc) is 2.79. The average molecular weight is 347 g/mol. The second-order valence-corrected chi connectivity index (χ2v) is 7.10. The highest BCUT2D eigenvalue weighted by Gasteiger charge is 2.37. The maximum atomic E-state index is 14.1. The lowest BCUT2D eigenvalue weighted by molar-refractivity contribution is 0.212. The van der Waals surface area contributed by atoms with Gasteiger partial charge in [-0.05, 0) is 43.7 Å². The Hall–Kier alpha value is -1.85. The van der Waals surface area contributed by atoms with Crippen LogP contribution in [-0.2, 0) is 0 Å². The van der Waals surface area contributed by atoms with E-state index in [1.807, 2.05) is 24.3 Å². The number of halogens is 2. The van der Waals surface area contributed by atoms with Crippen molar-refractivity contribution in [1.82, 2.24) is 9.88 Å². The van der Waals surface area contributed by atoms with Crippen LogP contribution < -0.4 is 10.6 Å². The number of pyridine rings is 1. The van der Waals surface area contributed by atoms with Crippen molar-refractivity contribution in [3.05, 3.63) is 41.3 Å². The van der Waals surface area contributed by atoms with Gasteiger partial charge in [0.05, 0.1) is 5.02 Å². The van der Waals surface area contributed by atoms with Crippen LogP contribution in [0, 0.1) is 5.95 Å². The molecule has 1 aromatic heterocycles. The van der Waals surface area contributed by atoms with E-state index in [1.165, 1.54) is 24.6 Å². The first-order valence-corrected chi connectivity index (χ1v) is 8.59. The quantitative estimate of drug-likeness (QED) is 0.846.